The van der Waals surface area contributed by atoms with Crippen molar-refractivity contribution < 1.29 is 13.9 Å². The number of hydrogen-bond donors (Lipinski definition) is 1. The summed E-state index contributed by atoms with van der Waals surface area (Å²) in [5.74, 6) is 1.21. The van der Waals surface area contributed by atoms with Gasteiger partial charge in [0.2, 0.25) is 0 Å². The number of carbonyl (C=O) groups is 1. The quantitative estimate of drug-likeness (QED) is 0.890. The van der Waals surface area contributed by atoms with E-state index in [1.165, 1.54) is 0 Å². The SMILES string of the molecule is O=C(NCC1CCOC1)N(Cc1ccco1)Cc1cccs1. The molecule has 2 amide bonds. The molecule has 1 N–H and O–H groups in total. The van der Waals surface area contributed by atoms with Crippen molar-refractivity contribution >= 4 is 17.4 Å². The first-order chi connectivity index (χ1) is 10.8. The van der Waals surface area contributed by atoms with Crippen LogP contribution in [0, 0.1) is 5.92 Å². The highest BCUT2D eigenvalue weighted by Gasteiger charge is 2.20. The lowest BCUT2D eigenvalue weighted by molar-refractivity contribution is 0.177. The molecule has 1 saturated heterocycles. The summed E-state index contributed by atoms with van der Waals surface area (Å²) in [4.78, 5) is 15.4. The van der Waals surface area contributed by atoms with Crippen molar-refractivity contribution in [2.24, 2.45) is 5.92 Å². The molecular formula is C16H20N2O3S. The van der Waals surface area contributed by atoms with E-state index in [0.717, 1.165) is 30.3 Å². The Labute approximate surface area is 133 Å². The zero-order valence-electron chi connectivity index (χ0n) is 12.4. The van der Waals surface area contributed by atoms with E-state index < -0.39 is 0 Å². The predicted octanol–water partition coefficient (Wildman–Crippen LogP) is 3.09. The van der Waals surface area contributed by atoms with Crippen LogP contribution in [0.15, 0.2) is 40.3 Å². The number of urea groups is 1. The zero-order chi connectivity index (χ0) is 15.2. The topological polar surface area (TPSA) is 54.7 Å². The van der Waals surface area contributed by atoms with Gasteiger partial charge in [0, 0.05) is 23.9 Å². The van der Waals surface area contributed by atoms with E-state index >= 15 is 0 Å². The van der Waals surface area contributed by atoms with Crippen molar-refractivity contribution in [3.05, 3.63) is 46.5 Å². The van der Waals surface area contributed by atoms with Gasteiger partial charge < -0.3 is 19.4 Å². The van der Waals surface area contributed by atoms with Crippen LogP contribution in [0.3, 0.4) is 0 Å². The van der Waals surface area contributed by atoms with E-state index in [2.05, 4.69) is 5.32 Å². The van der Waals surface area contributed by atoms with Gasteiger partial charge in [0.1, 0.15) is 5.76 Å². The van der Waals surface area contributed by atoms with E-state index in [0.29, 0.717) is 25.6 Å². The Bertz CT molecular complexity index is 526. The van der Waals surface area contributed by atoms with Crippen LogP contribution in [0.4, 0.5) is 4.79 Å². The van der Waals surface area contributed by atoms with Gasteiger partial charge in [-0.2, -0.15) is 0 Å². The molecule has 0 aliphatic carbocycles. The summed E-state index contributed by atoms with van der Waals surface area (Å²) in [5, 5.41) is 5.04. The van der Waals surface area contributed by atoms with Gasteiger partial charge >= 0.3 is 6.03 Å². The van der Waals surface area contributed by atoms with Crippen molar-refractivity contribution in [3.63, 3.8) is 0 Å². The first kappa shape index (κ1) is 15.1. The number of nitrogens with zero attached hydrogens (tertiary/aromatic N) is 1. The molecule has 2 aromatic heterocycles. The van der Waals surface area contributed by atoms with Crippen LogP contribution >= 0.6 is 11.3 Å². The largest absolute Gasteiger partial charge is 0.467 e. The molecule has 5 nitrogen and oxygen atoms in total. The maximum atomic E-state index is 12.5. The molecule has 3 heterocycles. The summed E-state index contributed by atoms with van der Waals surface area (Å²) in [6.07, 6.45) is 2.65. The number of carbonyl (C=O) groups excluding carboxylic acids is 1. The molecule has 0 saturated carbocycles. The second-order valence-corrected chi connectivity index (χ2v) is 6.46. The predicted molar refractivity (Wildman–Crippen MR) is 84.6 cm³/mol. The lowest BCUT2D eigenvalue weighted by Crippen LogP contribution is -2.41. The van der Waals surface area contributed by atoms with Crippen molar-refractivity contribution in [1.29, 1.82) is 0 Å². The molecule has 22 heavy (non-hydrogen) atoms. The van der Waals surface area contributed by atoms with Gasteiger partial charge in [-0.1, -0.05) is 6.07 Å². The fraction of sp³-hybridized carbons (Fsp3) is 0.438. The fourth-order valence-electron chi connectivity index (χ4n) is 2.47. The summed E-state index contributed by atoms with van der Waals surface area (Å²) in [6, 6.07) is 7.71. The molecule has 0 bridgehead atoms. The summed E-state index contributed by atoms with van der Waals surface area (Å²) in [7, 11) is 0. The number of hydrogen-bond acceptors (Lipinski definition) is 4. The van der Waals surface area contributed by atoms with E-state index in [1.807, 2.05) is 29.6 Å². The third-order valence-electron chi connectivity index (χ3n) is 3.71. The van der Waals surface area contributed by atoms with Crippen LogP contribution in [0.2, 0.25) is 0 Å². The van der Waals surface area contributed by atoms with Crippen LogP contribution in [-0.4, -0.2) is 30.7 Å². The van der Waals surface area contributed by atoms with Crippen LogP contribution in [0.25, 0.3) is 0 Å². The van der Waals surface area contributed by atoms with Crippen LogP contribution < -0.4 is 5.32 Å². The number of thiophene rings is 1. The fourth-order valence-corrected chi connectivity index (χ4v) is 3.19. The standard InChI is InChI=1S/C16H20N2O3S/c19-16(17-9-13-5-7-20-12-13)18(10-14-3-1-6-21-14)11-15-4-2-8-22-15/h1-4,6,8,13H,5,7,9-12H2,(H,17,19). The molecule has 0 aromatic carbocycles. The third kappa shape index (κ3) is 4.11. The summed E-state index contributed by atoms with van der Waals surface area (Å²) < 4.78 is 10.7. The molecule has 1 fully saturated rings. The van der Waals surface area contributed by atoms with Crippen molar-refractivity contribution in [2.75, 3.05) is 19.8 Å². The molecular weight excluding hydrogens is 300 g/mol. The summed E-state index contributed by atoms with van der Waals surface area (Å²) in [5.41, 5.74) is 0. The second-order valence-electron chi connectivity index (χ2n) is 5.43. The van der Waals surface area contributed by atoms with Crippen LogP contribution in [-0.2, 0) is 17.8 Å². The number of furan rings is 1. The van der Waals surface area contributed by atoms with Gasteiger partial charge in [0.25, 0.3) is 0 Å². The number of nitrogens with one attached hydrogen (secondary N) is 1. The van der Waals surface area contributed by atoms with Crippen molar-refractivity contribution in [2.45, 2.75) is 19.5 Å². The highest BCUT2D eigenvalue weighted by Crippen LogP contribution is 2.16. The number of ether oxygens (including phenoxy) is 1. The normalized spacial score (nSPS) is 17.5. The summed E-state index contributed by atoms with van der Waals surface area (Å²) in [6.45, 7) is 3.26. The molecule has 1 unspecified atom stereocenters. The second kappa shape index (κ2) is 7.47. The molecule has 118 valence electrons. The van der Waals surface area contributed by atoms with Gasteiger partial charge in [-0.15, -0.1) is 11.3 Å². The van der Waals surface area contributed by atoms with Crippen LogP contribution in [0.1, 0.15) is 17.1 Å². The van der Waals surface area contributed by atoms with Crippen molar-refractivity contribution in [1.82, 2.24) is 10.2 Å². The van der Waals surface area contributed by atoms with Gasteiger partial charge in [0.15, 0.2) is 0 Å². The Morgan fingerprint density at radius 3 is 3.00 bits per heavy atom. The summed E-state index contributed by atoms with van der Waals surface area (Å²) >= 11 is 1.65. The minimum Gasteiger partial charge on any atom is -0.467 e. The van der Waals surface area contributed by atoms with E-state index in [1.54, 1.807) is 22.5 Å². The number of rotatable bonds is 6. The Kier molecular flexibility index (Phi) is 5.13. The monoisotopic (exact) mass is 320 g/mol. The Morgan fingerprint density at radius 2 is 2.32 bits per heavy atom. The molecule has 1 atom stereocenters. The van der Waals surface area contributed by atoms with E-state index in [9.17, 15) is 4.79 Å². The minimum atomic E-state index is -0.0586. The average Bonchev–Trinajstić information content (AvgIpc) is 3.27. The third-order valence-corrected chi connectivity index (χ3v) is 4.57. The van der Waals surface area contributed by atoms with Gasteiger partial charge in [-0.05, 0) is 30.0 Å². The van der Waals surface area contributed by atoms with Crippen molar-refractivity contribution in [3.8, 4) is 0 Å². The minimum absolute atomic E-state index is 0.0586. The molecule has 0 radical (unpaired) electrons. The first-order valence-electron chi connectivity index (χ1n) is 7.46. The molecule has 1 aliphatic heterocycles. The molecule has 1 aliphatic rings. The number of amides is 2. The maximum Gasteiger partial charge on any atom is 0.318 e. The highest BCUT2D eigenvalue weighted by atomic mass is 32.1. The zero-order valence-corrected chi connectivity index (χ0v) is 13.2. The van der Waals surface area contributed by atoms with E-state index in [-0.39, 0.29) is 6.03 Å². The Hall–Kier alpha value is -1.79. The smallest absolute Gasteiger partial charge is 0.318 e. The van der Waals surface area contributed by atoms with Gasteiger partial charge in [-0.3, -0.25) is 0 Å². The lowest BCUT2D eigenvalue weighted by Gasteiger charge is -2.22. The maximum absolute atomic E-state index is 12.5. The molecule has 0 spiro atoms. The Balaban J connectivity index is 1.59. The molecule has 6 heteroatoms. The first-order valence-corrected chi connectivity index (χ1v) is 8.34. The molecule has 3 rings (SSSR count). The van der Waals surface area contributed by atoms with Gasteiger partial charge in [-0.25, -0.2) is 4.79 Å². The lowest BCUT2D eigenvalue weighted by atomic mass is 10.1. The van der Waals surface area contributed by atoms with E-state index in [4.69, 9.17) is 9.15 Å². The van der Waals surface area contributed by atoms with Crippen LogP contribution in [0.5, 0.6) is 0 Å². The Morgan fingerprint density at radius 1 is 1.36 bits per heavy atom. The average molecular weight is 320 g/mol. The van der Waals surface area contributed by atoms with Gasteiger partial charge in [0.05, 0.1) is 26.0 Å². The molecule has 2 aromatic rings. The highest BCUT2D eigenvalue weighted by molar-refractivity contribution is 7.09.